The Morgan fingerprint density at radius 1 is 0.705 bits per heavy atom. The predicted molar refractivity (Wildman–Crippen MR) is 160 cm³/mol. The highest BCUT2D eigenvalue weighted by atomic mass is 16.5. The Morgan fingerprint density at radius 2 is 1.20 bits per heavy atom. The summed E-state index contributed by atoms with van der Waals surface area (Å²) in [4.78, 5) is 65.8. The van der Waals surface area contributed by atoms with Gasteiger partial charge in [0.2, 0.25) is 0 Å². The van der Waals surface area contributed by atoms with Gasteiger partial charge < -0.3 is 14.2 Å². The summed E-state index contributed by atoms with van der Waals surface area (Å²) in [5, 5.41) is 0. The van der Waals surface area contributed by atoms with E-state index in [4.69, 9.17) is 14.2 Å². The molecule has 1 aliphatic heterocycles. The van der Waals surface area contributed by atoms with Crippen LogP contribution in [0.2, 0.25) is 0 Å². The van der Waals surface area contributed by atoms with Crippen molar-refractivity contribution in [2.24, 2.45) is 16.2 Å². The number of Topliss-reactive ketones (excluding diaryl/α,β-unsaturated/α-hetero) is 1. The number of hydrogen-bond acceptors (Lipinski definition) is 8. The van der Waals surface area contributed by atoms with E-state index in [9.17, 15) is 24.0 Å². The van der Waals surface area contributed by atoms with E-state index >= 15 is 0 Å². The number of hydrogen-bond donors (Lipinski definition) is 0. The Kier molecular flexibility index (Phi) is 7.64. The van der Waals surface area contributed by atoms with Crippen LogP contribution >= 0.6 is 0 Å². The topological polar surface area (TPSA) is 113 Å². The van der Waals surface area contributed by atoms with Gasteiger partial charge in [0.05, 0.1) is 5.41 Å². The maximum Gasteiger partial charge on any atom is 0.323 e. The minimum atomic E-state index is -1.23. The molecule has 0 saturated heterocycles. The van der Waals surface area contributed by atoms with Gasteiger partial charge in [-0.05, 0) is 86.4 Å². The highest BCUT2D eigenvalue weighted by Crippen LogP contribution is 2.74. The lowest BCUT2D eigenvalue weighted by atomic mass is 9.49. The molecule has 3 spiro atoms. The maximum absolute atomic E-state index is 14.8. The molecule has 0 N–H and O–H groups in total. The second kappa shape index (κ2) is 11.3. The van der Waals surface area contributed by atoms with E-state index in [2.05, 4.69) is 0 Å². The van der Waals surface area contributed by atoms with Crippen molar-refractivity contribution in [3.63, 3.8) is 0 Å². The predicted octanol–water partition coefficient (Wildman–Crippen LogP) is 6.71. The fourth-order valence-electron chi connectivity index (χ4n) is 8.32. The van der Waals surface area contributed by atoms with Gasteiger partial charge in [0.1, 0.15) is 22.7 Å². The fourth-order valence-corrected chi connectivity index (χ4v) is 8.32. The smallest absolute Gasteiger partial charge is 0.323 e. The van der Waals surface area contributed by atoms with Crippen LogP contribution in [0, 0.1) is 16.2 Å². The highest BCUT2D eigenvalue weighted by molar-refractivity contribution is 6.17. The molecule has 0 aromatic heterocycles. The van der Waals surface area contributed by atoms with Crippen molar-refractivity contribution in [3.8, 4) is 11.5 Å². The van der Waals surface area contributed by atoms with E-state index < -0.39 is 34.2 Å². The minimum absolute atomic E-state index is 0.108. The Hall–Kier alpha value is -4.33. The molecule has 0 bridgehead atoms. The minimum Gasteiger partial charge on any atom is -0.427 e. The molecular formula is C36H36O8. The lowest BCUT2D eigenvalue weighted by molar-refractivity contribution is -0.161. The summed E-state index contributed by atoms with van der Waals surface area (Å²) in [6.45, 7) is 2.64. The number of carbonyl (C=O) groups excluding carboxylic acids is 5. The van der Waals surface area contributed by atoms with Crippen LogP contribution in [0.5, 0.6) is 11.5 Å². The van der Waals surface area contributed by atoms with Crippen molar-refractivity contribution in [1.29, 1.82) is 0 Å². The molecule has 0 radical (unpaired) electrons. The first-order chi connectivity index (χ1) is 21.1. The van der Waals surface area contributed by atoms with Crippen molar-refractivity contribution in [2.75, 3.05) is 0 Å². The molecule has 1 heterocycles. The van der Waals surface area contributed by atoms with E-state index in [0.29, 0.717) is 59.6 Å². The lowest BCUT2D eigenvalue weighted by Crippen LogP contribution is -2.53. The van der Waals surface area contributed by atoms with Gasteiger partial charge >= 0.3 is 17.9 Å². The van der Waals surface area contributed by atoms with Crippen molar-refractivity contribution < 1.29 is 38.2 Å². The summed E-state index contributed by atoms with van der Waals surface area (Å²) in [6, 6.07) is 13.1. The van der Waals surface area contributed by atoms with Crippen molar-refractivity contribution in [3.05, 3.63) is 77.4 Å². The standard InChI is InChI=1S/C36H36O8/c1-23(37)42-27-13-9-25(10-14-27)30(39)21-29-32(40)35(19-7-4-8-20-35)36(34(29)17-5-3-6-18-34)22-31(44-33(36)41)26-11-15-28(16-12-26)43-24(2)38/h9-16,21-22H,3-8,17-20H2,1-2H3/b29-21+. The number of benzene rings is 2. The summed E-state index contributed by atoms with van der Waals surface area (Å²) in [7, 11) is 0. The lowest BCUT2D eigenvalue weighted by Gasteiger charge is -2.50. The van der Waals surface area contributed by atoms with Crippen LogP contribution in [0.1, 0.15) is 94.0 Å². The second-order valence-electron chi connectivity index (χ2n) is 12.5. The van der Waals surface area contributed by atoms with Crippen LogP contribution in [-0.4, -0.2) is 29.5 Å². The maximum atomic E-state index is 14.8. The van der Waals surface area contributed by atoms with E-state index in [-0.39, 0.29) is 11.6 Å². The van der Waals surface area contributed by atoms with E-state index in [0.717, 1.165) is 38.5 Å². The summed E-state index contributed by atoms with van der Waals surface area (Å²) >= 11 is 0. The van der Waals surface area contributed by atoms with E-state index in [1.54, 1.807) is 48.5 Å². The van der Waals surface area contributed by atoms with Crippen molar-refractivity contribution >= 4 is 35.2 Å². The second-order valence-corrected chi connectivity index (χ2v) is 12.5. The molecule has 3 fully saturated rings. The van der Waals surface area contributed by atoms with Gasteiger partial charge in [-0.3, -0.25) is 24.0 Å². The quantitative estimate of drug-likeness (QED) is 0.162. The number of ether oxygens (including phenoxy) is 3. The Bertz CT molecular complexity index is 1580. The Balaban J connectivity index is 1.48. The average molecular weight is 597 g/mol. The zero-order valence-electron chi connectivity index (χ0n) is 25.1. The van der Waals surface area contributed by atoms with Gasteiger partial charge in [0.25, 0.3) is 0 Å². The molecule has 0 amide bonds. The summed E-state index contributed by atoms with van der Waals surface area (Å²) < 4.78 is 16.4. The summed E-state index contributed by atoms with van der Waals surface area (Å²) in [5.41, 5.74) is -1.64. The molecule has 2 aromatic rings. The normalized spacial score (nSPS) is 24.4. The Labute approximate surface area is 256 Å². The van der Waals surface area contributed by atoms with Gasteiger partial charge in [0, 0.05) is 36.0 Å². The molecule has 1 atom stereocenters. The van der Waals surface area contributed by atoms with Crippen LogP contribution in [0.4, 0.5) is 0 Å². The third-order valence-electron chi connectivity index (χ3n) is 10.1. The molecular weight excluding hydrogens is 560 g/mol. The van der Waals surface area contributed by atoms with Crippen molar-refractivity contribution in [1.82, 2.24) is 0 Å². The SMILES string of the molecule is CC(=O)Oc1ccc(C(=O)/C=C2\C(=O)C3(CCCCC3)C3(C=C(c4ccc(OC(C)=O)cc4)OC3=O)C23CCCCC3)cc1. The van der Waals surface area contributed by atoms with Crippen LogP contribution in [0.25, 0.3) is 5.76 Å². The number of carbonyl (C=O) groups is 5. The van der Waals surface area contributed by atoms with Gasteiger partial charge in [-0.25, -0.2) is 0 Å². The van der Waals surface area contributed by atoms with Crippen LogP contribution in [0.15, 0.2) is 66.3 Å². The molecule has 4 aliphatic rings. The molecule has 8 nitrogen and oxygen atoms in total. The first kappa shape index (κ1) is 29.7. The molecule has 3 saturated carbocycles. The fraction of sp³-hybridized carbons (Fsp3) is 0.417. The molecule has 6 rings (SSSR count). The zero-order chi connectivity index (χ0) is 31.1. The number of fused-ring (bicyclic) bond motifs is 2. The van der Waals surface area contributed by atoms with Crippen LogP contribution in [-0.2, 0) is 23.9 Å². The number of esters is 3. The van der Waals surface area contributed by atoms with E-state index in [1.165, 1.54) is 19.9 Å². The molecule has 3 aliphatic carbocycles. The van der Waals surface area contributed by atoms with Gasteiger partial charge in [0.15, 0.2) is 11.6 Å². The third kappa shape index (κ3) is 4.62. The largest absolute Gasteiger partial charge is 0.427 e. The zero-order valence-corrected chi connectivity index (χ0v) is 25.1. The van der Waals surface area contributed by atoms with Crippen LogP contribution < -0.4 is 9.47 Å². The molecule has 1 unspecified atom stereocenters. The van der Waals surface area contributed by atoms with E-state index in [1.807, 2.05) is 6.08 Å². The molecule has 228 valence electrons. The first-order valence-electron chi connectivity index (χ1n) is 15.5. The van der Waals surface area contributed by atoms with Gasteiger partial charge in [-0.1, -0.05) is 38.5 Å². The number of rotatable bonds is 5. The number of ketones is 2. The van der Waals surface area contributed by atoms with Gasteiger partial charge in [-0.2, -0.15) is 0 Å². The summed E-state index contributed by atoms with van der Waals surface area (Å²) in [6.07, 6.45) is 11.0. The highest BCUT2D eigenvalue weighted by Gasteiger charge is 2.78. The number of cyclic esters (lactones) is 1. The van der Waals surface area contributed by atoms with Crippen LogP contribution in [0.3, 0.4) is 0 Å². The molecule has 2 aromatic carbocycles. The monoisotopic (exact) mass is 596 g/mol. The first-order valence-corrected chi connectivity index (χ1v) is 15.5. The molecule has 8 heteroatoms. The summed E-state index contributed by atoms with van der Waals surface area (Å²) in [5.74, 6) is -0.641. The Morgan fingerprint density at radius 3 is 1.73 bits per heavy atom. The van der Waals surface area contributed by atoms with Gasteiger partial charge in [-0.15, -0.1) is 0 Å². The number of allylic oxidation sites excluding steroid dienone is 2. The van der Waals surface area contributed by atoms with Crippen molar-refractivity contribution in [2.45, 2.75) is 78.1 Å². The average Bonchev–Trinajstić information content (AvgIpc) is 3.44. The third-order valence-corrected chi connectivity index (χ3v) is 10.1. The molecule has 44 heavy (non-hydrogen) atoms.